The van der Waals surface area contributed by atoms with Crippen LogP contribution in [0.4, 0.5) is 0 Å². The summed E-state index contributed by atoms with van der Waals surface area (Å²) in [6, 6.07) is 5.51. The van der Waals surface area contributed by atoms with Crippen LogP contribution in [-0.4, -0.2) is 32.0 Å². The monoisotopic (exact) mass is 211 g/mol. The van der Waals surface area contributed by atoms with E-state index in [1.54, 1.807) is 14.2 Å². The smallest absolute Gasteiger partial charge is 0.125 e. The molecule has 84 valence electrons. The first-order valence-electron chi connectivity index (χ1n) is 4.81. The van der Waals surface area contributed by atoms with Crippen LogP contribution in [0.5, 0.6) is 11.5 Å². The molecule has 1 atom stereocenters. The van der Waals surface area contributed by atoms with E-state index in [-0.39, 0.29) is 6.54 Å². The molecule has 0 saturated heterocycles. The molecule has 15 heavy (non-hydrogen) atoms. The number of nitrogens with two attached hydrogens (primary N) is 1. The molecule has 0 aromatic heterocycles. The zero-order valence-electron chi connectivity index (χ0n) is 9.06. The molecular formula is C11H17NO3. The van der Waals surface area contributed by atoms with E-state index in [9.17, 15) is 5.11 Å². The van der Waals surface area contributed by atoms with Crippen LogP contribution < -0.4 is 15.2 Å². The first kappa shape index (κ1) is 11.8. The highest BCUT2D eigenvalue weighted by atomic mass is 16.5. The van der Waals surface area contributed by atoms with Crippen molar-refractivity contribution < 1.29 is 14.6 Å². The number of aliphatic hydroxyl groups excluding tert-OH is 1. The fourth-order valence-corrected chi connectivity index (χ4v) is 1.45. The summed E-state index contributed by atoms with van der Waals surface area (Å²) in [6.45, 7) is 0.223. The lowest BCUT2D eigenvalue weighted by Gasteiger charge is -2.15. The second kappa shape index (κ2) is 5.58. The highest BCUT2D eigenvalue weighted by Gasteiger charge is 2.13. The Bertz CT molecular complexity index is 292. The Hall–Kier alpha value is -1.26. The number of methoxy groups -OCH3 is 2. The minimum atomic E-state index is -0.574. The highest BCUT2D eigenvalue weighted by molar-refractivity contribution is 5.45. The molecule has 0 aliphatic rings. The second-order valence-electron chi connectivity index (χ2n) is 3.23. The van der Waals surface area contributed by atoms with Crippen molar-refractivity contribution in [1.82, 2.24) is 0 Å². The van der Waals surface area contributed by atoms with Gasteiger partial charge in [-0.05, 0) is 12.1 Å². The first-order chi connectivity index (χ1) is 7.22. The van der Waals surface area contributed by atoms with Gasteiger partial charge in [-0.1, -0.05) is 6.07 Å². The Morgan fingerprint density at radius 2 is 1.80 bits per heavy atom. The third-order valence-corrected chi connectivity index (χ3v) is 2.24. The SMILES string of the molecule is COc1cccc(OC)c1CC(O)CN. The lowest BCUT2D eigenvalue weighted by Crippen LogP contribution is -2.22. The van der Waals surface area contributed by atoms with E-state index in [0.717, 1.165) is 5.56 Å². The summed E-state index contributed by atoms with van der Waals surface area (Å²) >= 11 is 0. The lowest BCUT2D eigenvalue weighted by molar-refractivity contribution is 0.181. The molecule has 4 nitrogen and oxygen atoms in total. The maximum atomic E-state index is 9.52. The van der Waals surface area contributed by atoms with E-state index in [1.807, 2.05) is 18.2 Å². The van der Waals surface area contributed by atoms with Crippen molar-refractivity contribution in [2.75, 3.05) is 20.8 Å². The maximum Gasteiger partial charge on any atom is 0.125 e. The zero-order valence-corrected chi connectivity index (χ0v) is 9.06. The summed E-state index contributed by atoms with van der Waals surface area (Å²) in [5.74, 6) is 1.42. The third-order valence-electron chi connectivity index (χ3n) is 2.24. The zero-order chi connectivity index (χ0) is 11.3. The van der Waals surface area contributed by atoms with Gasteiger partial charge in [0.2, 0.25) is 0 Å². The maximum absolute atomic E-state index is 9.52. The molecule has 1 rings (SSSR count). The molecule has 0 bridgehead atoms. The van der Waals surface area contributed by atoms with Gasteiger partial charge in [0, 0.05) is 18.5 Å². The van der Waals surface area contributed by atoms with Crippen LogP contribution in [0.15, 0.2) is 18.2 Å². The Labute approximate surface area is 89.6 Å². The summed E-state index contributed by atoms with van der Waals surface area (Å²) in [5.41, 5.74) is 6.22. The molecule has 0 spiro atoms. The summed E-state index contributed by atoms with van der Waals surface area (Å²) in [6.07, 6.45) is -0.140. The van der Waals surface area contributed by atoms with Crippen LogP contribution in [0.1, 0.15) is 5.56 Å². The van der Waals surface area contributed by atoms with Gasteiger partial charge in [0.1, 0.15) is 11.5 Å². The van der Waals surface area contributed by atoms with Crippen molar-refractivity contribution in [3.05, 3.63) is 23.8 Å². The quantitative estimate of drug-likeness (QED) is 0.747. The van der Waals surface area contributed by atoms with Crippen molar-refractivity contribution in [3.63, 3.8) is 0 Å². The van der Waals surface area contributed by atoms with Crippen molar-refractivity contribution >= 4 is 0 Å². The van der Waals surface area contributed by atoms with Gasteiger partial charge < -0.3 is 20.3 Å². The summed E-state index contributed by atoms with van der Waals surface area (Å²) in [5, 5.41) is 9.52. The number of rotatable bonds is 5. The van der Waals surface area contributed by atoms with E-state index in [0.29, 0.717) is 17.9 Å². The van der Waals surface area contributed by atoms with E-state index in [2.05, 4.69) is 0 Å². The molecule has 0 aliphatic carbocycles. The van der Waals surface area contributed by atoms with E-state index >= 15 is 0 Å². The molecule has 1 aromatic rings. The second-order valence-corrected chi connectivity index (χ2v) is 3.23. The Morgan fingerprint density at radius 3 is 2.20 bits per heavy atom. The van der Waals surface area contributed by atoms with Gasteiger partial charge in [-0.25, -0.2) is 0 Å². The van der Waals surface area contributed by atoms with Gasteiger partial charge in [0.15, 0.2) is 0 Å². The van der Waals surface area contributed by atoms with Crippen molar-refractivity contribution in [2.45, 2.75) is 12.5 Å². The number of benzene rings is 1. The fraction of sp³-hybridized carbons (Fsp3) is 0.455. The lowest BCUT2D eigenvalue weighted by atomic mass is 10.1. The number of ether oxygens (including phenoxy) is 2. The summed E-state index contributed by atoms with van der Waals surface area (Å²) < 4.78 is 10.4. The van der Waals surface area contributed by atoms with Crippen molar-refractivity contribution in [2.24, 2.45) is 5.73 Å². The molecule has 1 unspecified atom stereocenters. The third kappa shape index (κ3) is 2.84. The summed E-state index contributed by atoms with van der Waals surface area (Å²) in [7, 11) is 3.18. The predicted octanol–water partition coefficient (Wildman–Crippen LogP) is 0.566. The van der Waals surface area contributed by atoms with Gasteiger partial charge in [0.05, 0.1) is 20.3 Å². The molecule has 0 fully saturated rings. The fourth-order valence-electron chi connectivity index (χ4n) is 1.45. The van der Waals surface area contributed by atoms with Gasteiger partial charge in [-0.15, -0.1) is 0 Å². The minimum Gasteiger partial charge on any atom is -0.496 e. The first-order valence-corrected chi connectivity index (χ1v) is 4.81. The normalized spacial score (nSPS) is 12.3. The Balaban J connectivity index is 2.99. The van der Waals surface area contributed by atoms with Gasteiger partial charge in [-0.2, -0.15) is 0 Å². The average Bonchev–Trinajstić information content (AvgIpc) is 2.29. The number of hydrogen-bond acceptors (Lipinski definition) is 4. The van der Waals surface area contributed by atoms with Crippen LogP contribution in [0.2, 0.25) is 0 Å². The van der Waals surface area contributed by atoms with Crippen LogP contribution in [0.25, 0.3) is 0 Å². The molecule has 0 radical (unpaired) electrons. The molecule has 1 aromatic carbocycles. The van der Waals surface area contributed by atoms with Crippen molar-refractivity contribution in [3.8, 4) is 11.5 Å². The topological polar surface area (TPSA) is 64.7 Å². The van der Waals surface area contributed by atoms with Crippen molar-refractivity contribution in [1.29, 1.82) is 0 Å². The molecule has 0 amide bonds. The van der Waals surface area contributed by atoms with Gasteiger partial charge >= 0.3 is 0 Å². The van der Waals surface area contributed by atoms with Crippen LogP contribution in [0, 0.1) is 0 Å². The Kier molecular flexibility index (Phi) is 4.39. The van der Waals surface area contributed by atoms with E-state index in [4.69, 9.17) is 15.2 Å². The molecule has 0 aliphatic heterocycles. The van der Waals surface area contributed by atoms with E-state index < -0.39 is 6.10 Å². The average molecular weight is 211 g/mol. The molecular weight excluding hydrogens is 194 g/mol. The summed E-state index contributed by atoms with van der Waals surface area (Å²) in [4.78, 5) is 0. The minimum absolute atomic E-state index is 0.223. The number of aliphatic hydroxyl groups is 1. The van der Waals surface area contributed by atoms with Gasteiger partial charge in [0.25, 0.3) is 0 Å². The number of hydrogen-bond donors (Lipinski definition) is 2. The molecule has 0 heterocycles. The molecule has 4 heteroatoms. The Morgan fingerprint density at radius 1 is 1.27 bits per heavy atom. The molecule has 3 N–H and O–H groups in total. The van der Waals surface area contributed by atoms with E-state index in [1.165, 1.54) is 0 Å². The van der Waals surface area contributed by atoms with Crippen LogP contribution in [-0.2, 0) is 6.42 Å². The predicted molar refractivity (Wildman–Crippen MR) is 58.3 cm³/mol. The van der Waals surface area contributed by atoms with Crippen LogP contribution in [0.3, 0.4) is 0 Å². The largest absolute Gasteiger partial charge is 0.496 e. The highest BCUT2D eigenvalue weighted by Crippen LogP contribution is 2.29. The van der Waals surface area contributed by atoms with Gasteiger partial charge in [-0.3, -0.25) is 0 Å². The standard InChI is InChI=1S/C11H17NO3/c1-14-10-4-3-5-11(15-2)9(10)6-8(13)7-12/h3-5,8,13H,6-7,12H2,1-2H3. The van der Waals surface area contributed by atoms with Crippen LogP contribution >= 0.6 is 0 Å². The molecule has 0 saturated carbocycles.